The van der Waals surface area contributed by atoms with Gasteiger partial charge in [0.2, 0.25) is 0 Å². The Morgan fingerprint density at radius 1 is 1.23 bits per heavy atom. The summed E-state index contributed by atoms with van der Waals surface area (Å²) in [5, 5.41) is 10.1. The lowest BCUT2D eigenvalue weighted by Crippen LogP contribution is -2.44. The number of ether oxygens (including phenoxy) is 1. The maximum atomic E-state index is 13.5. The Labute approximate surface area is 158 Å². The predicted molar refractivity (Wildman–Crippen MR) is 102 cm³/mol. The SMILES string of the molecule is O=C(c1c(-n2cccc2)sc2c1CCCC2)N1CCCC(OCCO)C1. The van der Waals surface area contributed by atoms with E-state index in [0.29, 0.717) is 13.2 Å². The second-order valence-electron chi connectivity index (χ2n) is 7.09. The lowest BCUT2D eigenvalue weighted by molar-refractivity contribution is -0.0110. The fourth-order valence-corrected chi connectivity index (χ4v) is 5.41. The van der Waals surface area contributed by atoms with Crippen LogP contribution in [0, 0.1) is 0 Å². The van der Waals surface area contributed by atoms with Crippen LogP contribution in [0.1, 0.15) is 46.5 Å². The van der Waals surface area contributed by atoms with Gasteiger partial charge in [-0.05, 0) is 56.2 Å². The lowest BCUT2D eigenvalue weighted by Gasteiger charge is -2.33. The Balaban J connectivity index is 1.63. The molecule has 3 heterocycles. The number of aliphatic hydroxyl groups excluding tert-OH is 1. The van der Waals surface area contributed by atoms with Gasteiger partial charge in [0, 0.05) is 30.4 Å². The zero-order chi connectivity index (χ0) is 17.9. The number of hydrogen-bond donors (Lipinski definition) is 1. The largest absolute Gasteiger partial charge is 0.394 e. The number of nitrogens with zero attached hydrogens (tertiary/aromatic N) is 2. The maximum absolute atomic E-state index is 13.5. The minimum atomic E-state index is 0.0280. The molecule has 6 heteroatoms. The molecule has 26 heavy (non-hydrogen) atoms. The molecule has 0 spiro atoms. The number of carbonyl (C=O) groups is 1. The maximum Gasteiger partial charge on any atom is 0.257 e. The minimum absolute atomic E-state index is 0.0280. The van der Waals surface area contributed by atoms with Crippen molar-refractivity contribution in [3.63, 3.8) is 0 Å². The highest BCUT2D eigenvalue weighted by molar-refractivity contribution is 7.15. The summed E-state index contributed by atoms with van der Waals surface area (Å²) < 4.78 is 7.78. The molecule has 1 unspecified atom stereocenters. The molecule has 1 atom stereocenters. The van der Waals surface area contributed by atoms with E-state index < -0.39 is 0 Å². The molecule has 2 aromatic rings. The Morgan fingerprint density at radius 2 is 2.04 bits per heavy atom. The van der Waals surface area contributed by atoms with Gasteiger partial charge in [0.1, 0.15) is 5.00 Å². The van der Waals surface area contributed by atoms with Crippen LogP contribution in [-0.2, 0) is 17.6 Å². The smallest absolute Gasteiger partial charge is 0.257 e. The second-order valence-corrected chi connectivity index (χ2v) is 8.17. The number of fused-ring (bicyclic) bond motifs is 1. The molecule has 140 valence electrons. The number of amides is 1. The number of aryl methyl sites for hydroxylation is 1. The molecule has 1 saturated heterocycles. The molecular weight excluding hydrogens is 348 g/mol. The molecule has 1 fully saturated rings. The molecule has 1 amide bonds. The number of likely N-dealkylation sites (tertiary alicyclic amines) is 1. The average molecular weight is 375 g/mol. The zero-order valence-corrected chi connectivity index (χ0v) is 15.8. The predicted octanol–water partition coefficient (Wildman–Crippen LogP) is 3.03. The molecule has 2 aromatic heterocycles. The van der Waals surface area contributed by atoms with E-state index in [1.165, 1.54) is 16.9 Å². The van der Waals surface area contributed by atoms with E-state index >= 15 is 0 Å². The van der Waals surface area contributed by atoms with Gasteiger partial charge in [-0.1, -0.05) is 0 Å². The topological polar surface area (TPSA) is 54.7 Å². The van der Waals surface area contributed by atoms with E-state index in [1.54, 1.807) is 11.3 Å². The van der Waals surface area contributed by atoms with E-state index in [2.05, 4.69) is 4.57 Å². The van der Waals surface area contributed by atoms with Gasteiger partial charge in [-0.2, -0.15) is 0 Å². The molecule has 0 radical (unpaired) electrons. The molecular formula is C20H26N2O3S. The van der Waals surface area contributed by atoms with Crippen LogP contribution in [0.3, 0.4) is 0 Å². The molecule has 2 aliphatic rings. The van der Waals surface area contributed by atoms with Gasteiger partial charge in [0.05, 0.1) is 24.9 Å². The fourth-order valence-electron chi connectivity index (χ4n) is 4.06. The van der Waals surface area contributed by atoms with E-state index in [4.69, 9.17) is 9.84 Å². The average Bonchev–Trinajstić information content (AvgIpc) is 3.33. The summed E-state index contributed by atoms with van der Waals surface area (Å²) in [5.74, 6) is 0.144. The molecule has 4 rings (SSSR count). The third-order valence-corrected chi connectivity index (χ3v) is 6.62. The van der Waals surface area contributed by atoms with Gasteiger partial charge in [0.15, 0.2) is 0 Å². The molecule has 0 bridgehead atoms. The van der Waals surface area contributed by atoms with Gasteiger partial charge >= 0.3 is 0 Å². The highest BCUT2D eigenvalue weighted by atomic mass is 32.1. The van der Waals surface area contributed by atoms with Crippen LogP contribution in [0.4, 0.5) is 0 Å². The number of aromatic nitrogens is 1. The van der Waals surface area contributed by atoms with Crippen molar-refractivity contribution >= 4 is 17.2 Å². The van der Waals surface area contributed by atoms with Crippen LogP contribution in [-0.4, -0.2) is 52.9 Å². The first-order valence-electron chi connectivity index (χ1n) is 9.57. The van der Waals surface area contributed by atoms with Crippen molar-refractivity contribution in [3.05, 3.63) is 40.5 Å². The summed E-state index contributed by atoms with van der Waals surface area (Å²) in [5.41, 5.74) is 2.18. The monoisotopic (exact) mass is 374 g/mol. The summed E-state index contributed by atoms with van der Waals surface area (Å²) in [6.07, 6.45) is 10.5. The minimum Gasteiger partial charge on any atom is -0.394 e. The molecule has 0 aromatic carbocycles. The van der Waals surface area contributed by atoms with Crippen LogP contribution in [0.5, 0.6) is 0 Å². The Bertz CT molecular complexity index is 753. The Morgan fingerprint density at radius 3 is 2.85 bits per heavy atom. The van der Waals surface area contributed by atoms with Crippen LogP contribution in [0.15, 0.2) is 24.5 Å². The Kier molecular flexibility index (Phi) is 5.43. The third-order valence-electron chi connectivity index (χ3n) is 5.32. The van der Waals surface area contributed by atoms with Crippen LogP contribution in [0.2, 0.25) is 0 Å². The normalized spacial score (nSPS) is 20.2. The summed E-state index contributed by atoms with van der Waals surface area (Å²) >= 11 is 1.78. The van der Waals surface area contributed by atoms with Crippen molar-refractivity contribution in [2.45, 2.75) is 44.6 Å². The number of piperidine rings is 1. The molecule has 5 nitrogen and oxygen atoms in total. The third kappa shape index (κ3) is 3.46. The number of rotatable bonds is 5. The van der Waals surface area contributed by atoms with Crippen molar-refractivity contribution in [3.8, 4) is 5.00 Å². The zero-order valence-electron chi connectivity index (χ0n) is 15.0. The lowest BCUT2D eigenvalue weighted by atomic mass is 9.94. The second kappa shape index (κ2) is 7.94. The van der Waals surface area contributed by atoms with Gasteiger partial charge in [0.25, 0.3) is 5.91 Å². The summed E-state index contributed by atoms with van der Waals surface area (Å²) in [6, 6.07) is 4.01. The standard InChI is InChI=1S/C20H26N2O3S/c23-12-13-25-15-6-5-11-22(14-15)19(24)18-16-7-1-2-8-17(16)26-20(18)21-9-3-4-10-21/h3-4,9-10,15,23H,1-2,5-8,11-14H2. The molecule has 1 N–H and O–H groups in total. The van der Waals surface area contributed by atoms with E-state index in [9.17, 15) is 4.79 Å². The first-order valence-corrected chi connectivity index (χ1v) is 10.4. The van der Waals surface area contributed by atoms with E-state index in [0.717, 1.165) is 49.2 Å². The van der Waals surface area contributed by atoms with Crippen LogP contribution >= 0.6 is 11.3 Å². The quantitative estimate of drug-likeness (QED) is 0.875. The van der Waals surface area contributed by atoms with Crippen molar-refractivity contribution in [2.75, 3.05) is 26.3 Å². The van der Waals surface area contributed by atoms with Crippen molar-refractivity contribution < 1.29 is 14.6 Å². The number of aliphatic hydroxyl groups is 1. The molecule has 0 saturated carbocycles. The first-order chi connectivity index (χ1) is 12.8. The molecule has 1 aliphatic carbocycles. The highest BCUT2D eigenvalue weighted by Gasteiger charge is 2.31. The van der Waals surface area contributed by atoms with E-state index in [1.807, 2.05) is 29.4 Å². The number of hydrogen-bond acceptors (Lipinski definition) is 4. The summed E-state index contributed by atoms with van der Waals surface area (Å²) in [6.45, 7) is 1.78. The van der Waals surface area contributed by atoms with Crippen LogP contribution in [0.25, 0.3) is 5.00 Å². The molecule has 1 aliphatic heterocycles. The van der Waals surface area contributed by atoms with Gasteiger partial charge in [-0.3, -0.25) is 4.79 Å². The number of carbonyl (C=O) groups excluding carboxylic acids is 1. The number of thiophene rings is 1. The fraction of sp³-hybridized carbons (Fsp3) is 0.550. The highest BCUT2D eigenvalue weighted by Crippen LogP contribution is 2.38. The van der Waals surface area contributed by atoms with Crippen molar-refractivity contribution in [1.82, 2.24) is 9.47 Å². The summed E-state index contributed by atoms with van der Waals surface area (Å²) in [7, 11) is 0. The van der Waals surface area contributed by atoms with Gasteiger partial charge in [-0.25, -0.2) is 0 Å². The first kappa shape index (κ1) is 17.8. The van der Waals surface area contributed by atoms with Crippen molar-refractivity contribution in [1.29, 1.82) is 0 Å². The Hall–Kier alpha value is -1.63. The van der Waals surface area contributed by atoms with E-state index in [-0.39, 0.29) is 18.6 Å². The van der Waals surface area contributed by atoms with Gasteiger partial charge in [-0.15, -0.1) is 11.3 Å². The summed E-state index contributed by atoms with van der Waals surface area (Å²) in [4.78, 5) is 16.8. The van der Waals surface area contributed by atoms with Gasteiger partial charge < -0.3 is 19.3 Å². The van der Waals surface area contributed by atoms with Crippen molar-refractivity contribution in [2.24, 2.45) is 0 Å². The van der Waals surface area contributed by atoms with Crippen LogP contribution < -0.4 is 0 Å².